The van der Waals surface area contributed by atoms with E-state index >= 15 is 0 Å². The molecule has 2 fully saturated rings. The fourth-order valence-corrected chi connectivity index (χ4v) is 3.02. The molecule has 0 aromatic heterocycles. The molecule has 1 aliphatic heterocycles. The molecule has 1 amide bonds. The lowest BCUT2D eigenvalue weighted by atomic mass is 9.86. The van der Waals surface area contributed by atoms with Crippen molar-refractivity contribution in [1.29, 1.82) is 0 Å². The Balaban J connectivity index is 1.83. The van der Waals surface area contributed by atoms with Crippen LogP contribution in [-0.2, 0) is 9.59 Å². The summed E-state index contributed by atoms with van der Waals surface area (Å²) >= 11 is 0. The van der Waals surface area contributed by atoms with Crippen molar-refractivity contribution >= 4 is 11.7 Å². The van der Waals surface area contributed by atoms with Crippen molar-refractivity contribution in [3.63, 3.8) is 0 Å². The number of carbonyl (C=O) groups is 2. The van der Waals surface area contributed by atoms with Crippen molar-refractivity contribution in [2.75, 3.05) is 13.1 Å². The zero-order chi connectivity index (χ0) is 12.3. The Labute approximate surface area is 104 Å². The summed E-state index contributed by atoms with van der Waals surface area (Å²) in [6.07, 6.45) is 7.40. The first-order valence-electron chi connectivity index (χ1n) is 7.01. The maximum atomic E-state index is 12.1. The molecule has 3 heteroatoms. The van der Waals surface area contributed by atoms with Crippen molar-refractivity contribution in [1.82, 2.24) is 4.90 Å². The van der Waals surface area contributed by atoms with E-state index in [4.69, 9.17) is 0 Å². The second kappa shape index (κ2) is 5.65. The number of rotatable bonds is 4. The fraction of sp³-hybridized carbons (Fsp3) is 0.857. The number of nitrogens with zero attached hydrogens (tertiary/aromatic N) is 1. The lowest BCUT2D eigenvalue weighted by Gasteiger charge is -2.23. The van der Waals surface area contributed by atoms with Gasteiger partial charge in [0, 0.05) is 18.9 Å². The van der Waals surface area contributed by atoms with Crippen molar-refractivity contribution in [2.45, 2.75) is 51.9 Å². The summed E-state index contributed by atoms with van der Waals surface area (Å²) in [6, 6.07) is 0. The molecule has 0 radical (unpaired) electrons. The third kappa shape index (κ3) is 3.08. The molecule has 1 saturated heterocycles. The third-order valence-electron chi connectivity index (χ3n) is 4.28. The summed E-state index contributed by atoms with van der Waals surface area (Å²) in [5, 5.41) is 0. The molecule has 1 aliphatic carbocycles. The largest absolute Gasteiger partial charge is 0.335 e. The number of ketones is 1. The zero-order valence-corrected chi connectivity index (χ0v) is 10.8. The van der Waals surface area contributed by atoms with Gasteiger partial charge in [0.15, 0.2) is 5.78 Å². The number of carbonyl (C=O) groups excluding carboxylic acids is 2. The van der Waals surface area contributed by atoms with Gasteiger partial charge in [-0.15, -0.1) is 0 Å². The maximum absolute atomic E-state index is 12.1. The summed E-state index contributed by atoms with van der Waals surface area (Å²) in [7, 11) is 0. The van der Waals surface area contributed by atoms with Gasteiger partial charge in [-0.25, -0.2) is 0 Å². The summed E-state index contributed by atoms with van der Waals surface area (Å²) in [6.45, 7) is 3.29. The van der Waals surface area contributed by atoms with Crippen molar-refractivity contribution in [2.24, 2.45) is 11.8 Å². The first-order chi connectivity index (χ1) is 8.20. The minimum absolute atomic E-state index is 0.181. The Morgan fingerprint density at radius 3 is 2.59 bits per heavy atom. The van der Waals surface area contributed by atoms with E-state index in [9.17, 15) is 9.59 Å². The van der Waals surface area contributed by atoms with Crippen LogP contribution < -0.4 is 0 Å². The topological polar surface area (TPSA) is 37.4 Å². The van der Waals surface area contributed by atoms with Gasteiger partial charge in [-0.2, -0.15) is 0 Å². The van der Waals surface area contributed by atoms with Crippen LogP contribution in [0.4, 0.5) is 0 Å². The normalized spacial score (nSPS) is 26.5. The lowest BCUT2D eigenvalue weighted by Crippen LogP contribution is -2.35. The van der Waals surface area contributed by atoms with E-state index in [0.29, 0.717) is 24.7 Å². The van der Waals surface area contributed by atoms with Crippen molar-refractivity contribution < 1.29 is 9.59 Å². The summed E-state index contributed by atoms with van der Waals surface area (Å²) in [5.74, 6) is 1.19. The molecule has 1 heterocycles. The van der Waals surface area contributed by atoms with Crippen molar-refractivity contribution in [3.8, 4) is 0 Å². The second-order valence-corrected chi connectivity index (χ2v) is 5.55. The summed E-state index contributed by atoms with van der Waals surface area (Å²) < 4.78 is 0. The zero-order valence-electron chi connectivity index (χ0n) is 10.8. The van der Waals surface area contributed by atoms with Gasteiger partial charge in [0.1, 0.15) is 0 Å². The van der Waals surface area contributed by atoms with E-state index in [0.717, 1.165) is 25.8 Å². The van der Waals surface area contributed by atoms with Crippen LogP contribution in [0.3, 0.4) is 0 Å². The van der Waals surface area contributed by atoms with E-state index in [-0.39, 0.29) is 11.8 Å². The number of hydrogen-bond acceptors (Lipinski definition) is 2. The highest BCUT2D eigenvalue weighted by Crippen LogP contribution is 2.26. The molecule has 0 aromatic carbocycles. The highest BCUT2D eigenvalue weighted by molar-refractivity contribution is 5.88. The Morgan fingerprint density at radius 1 is 1.29 bits per heavy atom. The van der Waals surface area contributed by atoms with Gasteiger partial charge in [0.25, 0.3) is 0 Å². The molecule has 0 aromatic rings. The van der Waals surface area contributed by atoms with Crippen LogP contribution in [0.1, 0.15) is 51.9 Å². The minimum atomic E-state index is 0.181. The van der Waals surface area contributed by atoms with Gasteiger partial charge in [-0.3, -0.25) is 9.59 Å². The summed E-state index contributed by atoms with van der Waals surface area (Å²) in [4.78, 5) is 25.6. The van der Waals surface area contributed by atoms with E-state index in [1.54, 1.807) is 4.90 Å². The fourth-order valence-electron chi connectivity index (χ4n) is 3.02. The minimum Gasteiger partial charge on any atom is -0.335 e. The van der Waals surface area contributed by atoms with Gasteiger partial charge < -0.3 is 4.90 Å². The number of hydrogen-bond donors (Lipinski definition) is 0. The monoisotopic (exact) mass is 237 g/mol. The van der Waals surface area contributed by atoms with Crippen LogP contribution in [0.15, 0.2) is 0 Å². The first-order valence-corrected chi connectivity index (χ1v) is 7.01. The molecule has 1 unspecified atom stereocenters. The first kappa shape index (κ1) is 12.6. The van der Waals surface area contributed by atoms with E-state index in [1.165, 1.54) is 19.3 Å². The van der Waals surface area contributed by atoms with Crippen LogP contribution >= 0.6 is 0 Å². The van der Waals surface area contributed by atoms with E-state index < -0.39 is 0 Å². The van der Waals surface area contributed by atoms with Crippen LogP contribution in [-0.4, -0.2) is 29.7 Å². The molecule has 1 saturated carbocycles. The smallest absolute Gasteiger partial charge is 0.223 e. The highest BCUT2D eigenvalue weighted by atomic mass is 16.2. The average molecular weight is 237 g/mol. The Hall–Kier alpha value is -0.860. The molecular weight excluding hydrogens is 214 g/mol. The summed E-state index contributed by atoms with van der Waals surface area (Å²) in [5.41, 5.74) is 0. The standard InChI is InChI=1S/C14H23NO2/c1-2-11-8-14(17)15(9-11)10-13(16)12-6-4-3-5-7-12/h11-12H,2-10H2,1H3. The molecule has 3 nitrogen and oxygen atoms in total. The number of amides is 1. The van der Waals surface area contributed by atoms with Gasteiger partial charge in [0.05, 0.1) is 6.54 Å². The Morgan fingerprint density at radius 2 is 2.00 bits per heavy atom. The van der Waals surface area contributed by atoms with Gasteiger partial charge >= 0.3 is 0 Å². The molecule has 0 N–H and O–H groups in total. The molecule has 1 atom stereocenters. The second-order valence-electron chi connectivity index (χ2n) is 5.55. The van der Waals surface area contributed by atoms with E-state index in [2.05, 4.69) is 6.92 Å². The molecule has 17 heavy (non-hydrogen) atoms. The van der Waals surface area contributed by atoms with E-state index in [1.807, 2.05) is 0 Å². The van der Waals surface area contributed by atoms with Gasteiger partial charge in [-0.05, 0) is 18.8 Å². The van der Waals surface area contributed by atoms with Crippen LogP contribution in [0.25, 0.3) is 0 Å². The van der Waals surface area contributed by atoms with Crippen LogP contribution in [0, 0.1) is 11.8 Å². The van der Waals surface area contributed by atoms with Gasteiger partial charge in [-0.1, -0.05) is 32.6 Å². The Kier molecular flexibility index (Phi) is 4.19. The van der Waals surface area contributed by atoms with Crippen LogP contribution in [0.5, 0.6) is 0 Å². The number of likely N-dealkylation sites (tertiary alicyclic amines) is 1. The maximum Gasteiger partial charge on any atom is 0.223 e. The van der Waals surface area contributed by atoms with Gasteiger partial charge in [0.2, 0.25) is 5.91 Å². The molecular formula is C14H23NO2. The van der Waals surface area contributed by atoms with Crippen LogP contribution in [0.2, 0.25) is 0 Å². The predicted octanol–water partition coefficient (Wildman–Crippen LogP) is 2.39. The van der Waals surface area contributed by atoms with Crippen molar-refractivity contribution in [3.05, 3.63) is 0 Å². The molecule has 0 bridgehead atoms. The lowest BCUT2D eigenvalue weighted by molar-refractivity contribution is -0.134. The Bertz CT molecular complexity index is 295. The SMILES string of the molecule is CCC1CC(=O)N(CC(=O)C2CCCCC2)C1. The average Bonchev–Trinajstić information content (AvgIpc) is 2.71. The number of Topliss-reactive ketones (excluding diaryl/α,β-unsaturated/α-hetero) is 1. The predicted molar refractivity (Wildman–Crippen MR) is 66.6 cm³/mol. The molecule has 96 valence electrons. The molecule has 2 aliphatic rings. The highest BCUT2D eigenvalue weighted by Gasteiger charge is 2.31. The molecule has 0 spiro atoms. The molecule has 2 rings (SSSR count). The third-order valence-corrected chi connectivity index (χ3v) is 4.28. The quantitative estimate of drug-likeness (QED) is 0.753.